The topological polar surface area (TPSA) is 29.9 Å². The third-order valence-corrected chi connectivity index (χ3v) is 3.89. The van der Waals surface area contributed by atoms with Crippen molar-refractivity contribution < 1.29 is 4.39 Å². The Bertz CT molecular complexity index is 582. The van der Waals surface area contributed by atoms with Gasteiger partial charge in [0, 0.05) is 12.6 Å². The average molecular weight is 247 g/mol. The molecule has 0 radical (unpaired) electrons. The van der Waals surface area contributed by atoms with Crippen molar-refractivity contribution in [2.24, 2.45) is 0 Å². The van der Waals surface area contributed by atoms with E-state index in [1.54, 1.807) is 0 Å². The normalized spacial score (nSPS) is 23.9. The zero-order valence-electron chi connectivity index (χ0n) is 10.8. The van der Waals surface area contributed by atoms with Crippen LogP contribution < -0.4 is 5.32 Å². The summed E-state index contributed by atoms with van der Waals surface area (Å²) in [6.07, 6.45) is 2.25. The van der Waals surface area contributed by atoms with Crippen LogP contribution in [0.1, 0.15) is 32.5 Å². The van der Waals surface area contributed by atoms with E-state index in [2.05, 4.69) is 28.7 Å². The lowest BCUT2D eigenvalue weighted by molar-refractivity contribution is 0.391. The van der Waals surface area contributed by atoms with Crippen molar-refractivity contribution in [3.63, 3.8) is 0 Å². The van der Waals surface area contributed by atoms with E-state index in [1.165, 1.54) is 12.1 Å². The third-order valence-electron chi connectivity index (χ3n) is 3.89. The summed E-state index contributed by atoms with van der Waals surface area (Å²) in [5, 5.41) is 3.52. The summed E-state index contributed by atoms with van der Waals surface area (Å²) in [5.74, 6) is 0.808. The van der Waals surface area contributed by atoms with Crippen molar-refractivity contribution in [1.29, 1.82) is 0 Å². The lowest BCUT2D eigenvalue weighted by atomic mass is 9.99. The van der Waals surface area contributed by atoms with Gasteiger partial charge in [0.05, 0.1) is 16.6 Å². The number of imidazole rings is 1. The molecule has 3 nitrogen and oxygen atoms in total. The number of hydrogen-bond acceptors (Lipinski definition) is 2. The summed E-state index contributed by atoms with van der Waals surface area (Å²) < 4.78 is 15.5. The number of nitrogens with zero attached hydrogens (tertiary/aromatic N) is 2. The molecular formula is C14H18FN3. The van der Waals surface area contributed by atoms with Crippen LogP contribution in [0.4, 0.5) is 4.39 Å². The van der Waals surface area contributed by atoms with Crippen molar-refractivity contribution in [3.8, 4) is 0 Å². The zero-order valence-corrected chi connectivity index (χ0v) is 10.8. The number of benzene rings is 1. The predicted octanol–water partition coefficient (Wildman–Crippen LogP) is 2.79. The van der Waals surface area contributed by atoms with Crippen LogP contribution in [0.15, 0.2) is 18.2 Å². The molecule has 0 amide bonds. The lowest BCUT2D eigenvalue weighted by Crippen LogP contribution is -2.36. The van der Waals surface area contributed by atoms with Gasteiger partial charge in [-0.3, -0.25) is 0 Å². The van der Waals surface area contributed by atoms with E-state index in [1.807, 2.05) is 6.07 Å². The van der Waals surface area contributed by atoms with Crippen LogP contribution in [0.5, 0.6) is 0 Å². The van der Waals surface area contributed by atoms with Gasteiger partial charge in [-0.25, -0.2) is 9.37 Å². The molecule has 0 spiro atoms. The van der Waals surface area contributed by atoms with E-state index in [4.69, 9.17) is 0 Å². The van der Waals surface area contributed by atoms with Gasteiger partial charge in [0.2, 0.25) is 0 Å². The van der Waals surface area contributed by atoms with E-state index < -0.39 is 0 Å². The largest absolute Gasteiger partial charge is 0.327 e. The first kappa shape index (κ1) is 11.7. The van der Waals surface area contributed by atoms with Gasteiger partial charge in [0.1, 0.15) is 11.6 Å². The molecule has 3 rings (SSSR count). The van der Waals surface area contributed by atoms with Crippen molar-refractivity contribution in [2.75, 3.05) is 6.54 Å². The van der Waals surface area contributed by atoms with Crippen LogP contribution in [-0.4, -0.2) is 16.1 Å². The Balaban J connectivity index is 2.22. The fourth-order valence-corrected chi connectivity index (χ4v) is 2.93. The molecule has 1 saturated heterocycles. The Morgan fingerprint density at radius 3 is 3.00 bits per heavy atom. The standard InChI is InChI=1S/C14H18FN3/c1-3-18-12-6-5-10(15)9-11(12)17-13(18)14(2)7-4-8-16-14/h5-6,9,16H,3-4,7-8H2,1-2H3. The van der Waals surface area contributed by atoms with Crippen LogP contribution in [0.25, 0.3) is 11.0 Å². The van der Waals surface area contributed by atoms with Crippen molar-refractivity contribution >= 4 is 11.0 Å². The molecular weight excluding hydrogens is 229 g/mol. The molecule has 1 aliphatic rings. The first-order chi connectivity index (χ1) is 8.64. The second kappa shape index (κ2) is 4.05. The summed E-state index contributed by atoms with van der Waals surface area (Å²) in [6, 6.07) is 4.84. The smallest absolute Gasteiger partial charge is 0.129 e. The van der Waals surface area contributed by atoms with Gasteiger partial charge >= 0.3 is 0 Å². The van der Waals surface area contributed by atoms with E-state index in [0.29, 0.717) is 0 Å². The van der Waals surface area contributed by atoms with Gasteiger partial charge in [-0.1, -0.05) is 0 Å². The zero-order chi connectivity index (χ0) is 12.8. The van der Waals surface area contributed by atoms with Crippen molar-refractivity contribution in [1.82, 2.24) is 14.9 Å². The molecule has 1 aromatic carbocycles. The molecule has 1 unspecified atom stereocenters. The second-order valence-electron chi connectivity index (χ2n) is 5.18. The van der Waals surface area contributed by atoms with E-state index in [-0.39, 0.29) is 11.4 Å². The number of aromatic nitrogens is 2. The van der Waals surface area contributed by atoms with Crippen LogP contribution in [0.3, 0.4) is 0 Å². The molecule has 2 aromatic rings. The summed E-state index contributed by atoms with van der Waals surface area (Å²) in [7, 11) is 0. The minimum absolute atomic E-state index is 0.0779. The molecule has 2 heterocycles. The van der Waals surface area contributed by atoms with Crippen molar-refractivity contribution in [2.45, 2.75) is 38.8 Å². The summed E-state index contributed by atoms with van der Waals surface area (Å²) in [4.78, 5) is 4.66. The van der Waals surface area contributed by atoms with Gasteiger partial charge < -0.3 is 9.88 Å². The molecule has 1 aliphatic heterocycles. The Hall–Kier alpha value is -1.42. The molecule has 1 aromatic heterocycles. The highest BCUT2D eigenvalue weighted by molar-refractivity contribution is 5.76. The van der Waals surface area contributed by atoms with Gasteiger partial charge in [-0.15, -0.1) is 0 Å². The minimum atomic E-state index is -0.223. The van der Waals surface area contributed by atoms with Gasteiger partial charge in [0.15, 0.2) is 0 Å². The lowest BCUT2D eigenvalue weighted by Gasteiger charge is -2.24. The first-order valence-corrected chi connectivity index (χ1v) is 6.55. The SMILES string of the molecule is CCn1c(C2(C)CCCN2)nc2cc(F)ccc21. The quantitative estimate of drug-likeness (QED) is 0.884. The van der Waals surface area contributed by atoms with Crippen LogP contribution in [0.2, 0.25) is 0 Å². The fourth-order valence-electron chi connectivity index (χ4n) is 2.93. The third kappa shape index (κ3) is 1.63. The maximum atomic E-state index is 13.3. The molecule has 96 valence electrons. The Labute approximate surface area is 106 Å². The Morgan fingerprint density at radius 1 is 1.50 bits per heavy atom. The average Bonchev–Trinajstić information content (AvgIpc) is 2.93. The number of rotatable bonds is 2. The highest BCUT2D eigenvalue weighted by Crippen LogP contribution is 2.32. The number of nitrogens with one attached hydrogen (secondary N) is 1. The van der Waals surface area contributed by atoms with E-state index in [0.717, 1.165) is 42.8 Å². The number of hydrogen-bond donors (Lipinski definition) is 1. The monoisotopic (exact) mass is 247 g/mol. The molecule has 18 heavy (non-hydrogen) atoms. The molecule has 1 N–H and O–H groups in total. The van der Waals surface area contributed by atoms with E-state index in [9.17, 15) is 4.39 Å². The number of fused-ring (bicyclic) bond motifs is 1. The summed E-state index contributed by atoms with van der Waals surface area (Å²) in [5.41, 5.74) is 1.69. The minimum Gasteiger partial charge on any atom is -0.327 e. The maximum absolute atomic E-state index is 13.3. The molecule has 4 heteroatoms. The predicted molar refractivity (Wildman–Crippen MR) is 70.0 cm³/mol. The van der Waals surface area contributed by atoms with Crippen molar-refractivity contribution in [3.05, 3.63) is 29.8 Å². The summed E-state index contributed by atoms with van der Waals surface area (Å²) in [6.45, 7) is 6.17. The second-order valence-corrected chi connectivity index (χ2v) is 5.18. The number of aryl methyl sites for hydroxylation is 1. The molecule has 1 fully saturated rings. The van der Waals surface area contributed by atoms with Crippen LogP contribution in [-0.2, 0) is 12.1 Å². The highest BCUT2D eigenvalue weighted by Gasteiger charge is 2.34. The van der Waals surface area contributed by atoms with Gasteiger partial charge in [-0.2, -0.15) is 0 Å². The highest BCUT2D eigenvalue weighted by atomic mass is 19.1. The Morgan fingerprint density at radius 2 is 2.33 bits per heavy atom. The molecule has 0 bridgehead atoms. The molecule has 0 saturated carbocycles. The Kier molecular flexibility index (Phi) is 2.63. The van der Waals surface area contributed by atoms with Gasteiger partial charge in [0.25, 0.3) is 0 Å². The fraction of sp³-hybridized carbons (Fsp3) is 0.500. The molecule has 0 aliphatic carbocycles. The summed E-state index contributed by atoms with van der Waals surface area (Å²) >= 11 is 0. The molecule has 1 atom stereocenters. The van der Waals surface area contributed by atoms with Crippen LogP contribution >= 0.6 is 0 Å². The van der Waals surface area contributed by atoms with E-state index >= 15 is 0 Å². The maximum Gasteiger partial charge on any atom is 0.129 e. The van der Waals surface area contributed by atoms with Gasteiger partial charge in [-0.05, 0) is 45.4 Å². The first-order valence-electron chi connectivity index (χ1n) is 6.55. The number of halogens is 1. The van der Waals surface area contributed by atoms with Crippen LogP contribution in [0, 0.1) is 5.82 Å².